The van der Waals surface area contributed by atoms with Gasteiger partial charge in [0, 0.05) is 17.2 Å². The molecule has 0 aliphatic carbocycles. The number of pyridine rings is 1. The second-order valence-electron chi connectivity index (χ2n) is 5.49. The number of rotatable bonds is 5. The summed E-state index contributed by atoms with van der Waals surface area (Å²) in [7, 11) is 4.05. The third-order valence-corrected chi connectivity index (χ3v) is 3.76. The Hall–Kier alpha value is -1.40. The summed E-state index contributed by atoms with van der Waals surface area (Å²) >= 11 is 3.47. The average molecular weight is 353 g/mol. The summed E-state index contributed by atoms with van der Waals surface area (Å²) in [5, 5.41) is 2.97. The maximum absolute atomic E-state index is 12.4. The number of imidazole rings is 1. The van der Waals surface area contributed by atoms with E-state index in [0.717, 1.165) is 34.3 Å². The Morgan fingerprint density at radius 3 is 2.81 bits per heavy atom. The van der Waals surface area contributed by atoms with E-state index in [1.807, 2.05) is 44.6 Å². The van der Waals surface area contributed by atoms with E-state index < -0.39 is 0 Å². The van der Waals surface area contributed by atoms with E-state index >= 15 is 0 Å². The average Bonchev–Trinajstić information content (AvgIpc) is 2.71. The molecule has 0 aliphatic rings. The number of amides is 1. The fourth-order valence-corrected chi connectivity index (χ4v) is 2.88. The first-order valence-electron chi connectivity index (χ1n) is 6.98. The third-order valence-electron chi connectivity index (χ3n) is 3.33. The Morgan fingerprint density at radius 1 is 1.43 bits per heavy atom. The van der Waals surface area contributed by atoms with Gasteiger partial charge in [0.25, 0.3) is 5.91 Å². The van der Waals surface area contributed by atoms with Gasteiger partial charge in [-0.25, -0.2) is 4.98 Å². The number of aromatic nitrogens is 2. The fraction of sp³-hybridized carbons (Fsp3) is 0.467. The molecule has 0 radical (unpaired) electrons. The van der Waals surface area contributed by atoms with Crippen molar-refractivity contribution in [3.05, 3.63) is 33.7 Å². The quantitative estimate of drug-likeness (QED) is 0.840. The molecule has 1 N–H and O–H groups in total. The summed E-state index contributed by atoms with van der Waals surface area (Å²) in [4.78, 5) is 19.0. The van der Waals surface area contributed by atoms with Crippen molar-refractivity contribution in [1.82, 2.24) is 19.6 Å². The number of halogens is 1. The topological polar surface area (TPSA) is 49.6 Å². The molecule has 1 amide bonds. The minimum Gasteiger partial charge on any atom is -0.351 e. The molecule has 0 saturated carbocycles. The maximum atomic E-state index is 12.4. The molecule has 0 unspecified atom stereocenters. The Balaban J connectivity index is 2.21. The first-order chi connectivity index (χ1) is 9.90. The number of carbonyl (C=O) groups excluding carboxylic acids is 1. The predicted octanol–water partition coefficient (Wildman–Crippen LogP) is 2.40. The van der Waals surface area contributed by atoms with Gasteiger partial charge < -0.3 is 10.2 Å². The van der Waals surface area contributed by atoms with Gasteiger partial charge in [0.05, 0.1) is 5.69 Å². The smallest absolute Gasteiger partial charge is 0.270 e. The zero-order valence-corrected chi connectivity index (χ0v) is 14.5. The molecule has 0 atom stereocenters. The highest BCUT2D eigenvalue weighted by Crippen LogP contribution is 2.20. The normalized spacial score (nSPS) is 11.3. The fourth-order valence-electron chi connectivity index (χ4n) is 2.34. The second-order valence-corrected chi connectivity index (χ2v) is 6.41. The number of fused-ring (bicyclic) bond motifs is 1. The number of nitrogens with one attached hydrogen (secondary N) is 1. The number of hydrogen-bond acceptors (Lipinski definition) is 3. The van der Waals surface area contributed by atoms with Gasteiger partial charge in [-0.1, -0.05) is 0 Å². The molecule has 2 aromatic heterocycles. The summed E-state index contributed by atoms with van der Waals surface area (Å²) in [5.41, 5.74) is 3.23. The lowest BCUT2D eigenvalue weighted by molar-refractivity contribution is 0.0946. The Labute approximate surface area is 133 Å². The van der Waals surface area contributed by atoms with Crippen molar-refractivity contribution in [3.8, 4) is 0 Å². The monoisotopic (exact) mass is 352 g/mol. The maximum Gasteiger partial charge on any atom is 0.270 e. The summed E-state index contributed by atoms with van der Waals surface area (Å²) < 4.78 is 2.79. The Morgan fingerprint density at radius 2 is 2.14 bits per heavy atom. The van der Waals surface area contributed by atoms with Crippen LogP contribution in [0.4, 0.5) is 0 Å². The minimum absolute atomic E-state index is 0.0729. The number of nitrogens with zero attached hydrogens (tertiary/aromatic N) is 3. The second kappa shape index (κ2) is 6.58. The summed E-state index contributed by atoms with van der Waals surface area (Å²) in [5.74, 6) is -0.0729. The lowest BCUT2D eigenvalue weighted by Crippen LogP contribution is -2.28. The van der Waals surface area contributed by atoms with Crippen molar-refractivity contribution in [2.75, 3.05) is 27.2 Å². The van der Waals surface area contributed by atoms with Crippen molar-refractivity contribution < 1.29 is 4.79 Å². The van der Waals surface area contributed by atoms with E-state index in [9.17, 15) is 4.79 Å². The van der Waals surface area contributed by atoms with Crippen LogP contribution in [-0.4, -0.2) is 47.4 Å². The Bertz CT molecular complexity index is 663. The highest BCUT2D eigenvalue weighted by Gasteiger charge is 2.17. The molecule has 2 aromatic rings. The van der Waals surface area contributed by atoms with Crippen LogP contribution in [-0.2, 0) is 0 Å². The van der Waals surface area contributed by atoms with Gasteiger partial charge >= 0.3 is 0 Å². The standard InChI is InChI=1S/C15H21BrN4O/c1-10-8-12(16)9-20-13(11(2)18-14(10)20)15(21)17-6-5-7-19(3)4/h8-9H,5-7H2,1-4H3,(H,17,21). The van der Waals surface area contributed by atoms with Gasteiger partial charge in [-0.2, -0.15) is 0 Å². The van der Waals surface area contributed by atoms with E-state index in [1.54, 1.807) is 0 Å². The van der Waals surface area contributed by atoms with Crippen LogP contribution < -0.4 is 5.32 Å². The van der Waals surface area contributed by atoms with E-state index in [0.29, 0.717) is 12.2 Å². The van der Waals surface area contributed by atoms with Gasteiger partial charge in [-0.05, 0) is 68.5 Å². The molecule has 0 fully saturated rings. The van der Waals surface area contributed by atoms with Crippen LogP contribution in [0, 0.1) is 13.8 Å². The molecule has 2 rings (SSSR count). The molecule has 2 heterocycles. The molecule has 0 bridgehead atoms. The van der Waals surface area contributed by atoms with Crippen LogP contribution in [0.2, 0.25) is 0 Å². The molecular weight excluding hydrogens is 332 g/mol. The van der Waals surface area contributed by atoms with Crippen molar-refractivity contribution in [3.63, 3.8) is 0 Å². The van der Waals surface area contributed by atoms with Gasteiger partial charge in [0.15, 0.2) is 0 Å². The zero-order chi connectivity index (χ0) is 15.6. The number of hydrogen-bond donors (Lipinski definition) is 1. The summed E-state index contributed by atoms with van der Waals surface area (Å²) in [6, 6.07) is 2.00. The van der Waals surface area contributed by atoms with Crippen molar-refractivity contribution in [2.24, 2.45) is 0 Å². The van der Waals surface area contributed by atoms with Gasteiger partial charge in [0.2, 0.25) is 0 Å². The first kappa shape index (κ1) is 16.0. The minimum atomic E-state index is -0.0729. The molecule has 0 saturated heterocycles. The van der Waals surface area contributed by atoms with Crippen LogP contribution in [0.3, 0.4) is 0 Å². The summed E-state index contributed by atoms with van der Waals surface area (Å²) in [6.07, 6.45) is 2.81. The third kappa shape index (κ3) is 3.63. The first-order valence-corrected chi connectivity index (χ1v) is 7.77. The molecule has 6 heteroatoms. The van der Waals surface area contributed by atoms with Crippen molar-refractivity contribution >= 4 is 27.5 Å². The van der Waals surface area contributed by atoms with Crippen molar-refractivity contribution in [1.29, 1.82) is 0 Å². The SMILES string of the molecule is Cc1nc2c(C)cc(Br)cn2c1C(=O)NCCCN(C)C. The molecule has 5 nitrogen and oxygen atoms in total. The van der Waals surface area contributed by atoms with E-state index in [-0.39, 0.29) is 5.91 Å². The van der Waals surface area contributed by atoms with Crippen molar-refractivity contribution in [2.45, 2.75) is 20.3 Å². The molecule has 21 heavy (non-hydrogen) atoms. The highest BCUT2D eigenvalue weighted by molar-refractivity contribution is 9.10. The molecule has 0 aromatic carbocycles. The zero-order valence-electron chi connectivity index (χ0n) is 12.9. The lowest BCUT2D eigenvalue weighted by atomic mass is 10.3. The van der Waals surface area contributed by atoms with Crippen LogP contribution in [0.25, 0.3) is 5.65 Å². The molecule has 0 aliphatic heterocycles. The Kier molecular flexibility index (Phi) is 5.00. The highest BCUT2D eigenvalue weighted by atomic mass is 79.9. The lowest BCUT2D eigenvalue weighted by Gasteiger charge is -2.10. The van der Waals surface area contributed by atoms with Crippen LogP contribution in [0.1, 0.15) is 28.2 Å². The van der Waals surface area contributed by atoms with E-state index in [2.05, 4.69) is 31.1 Å². The van der Waals surface area contributed by atoms with Gasteiger partial charge in [-0.3, -0.25) is 9.20 Å². The van der Waals surface area contributed by atoms with E-state index in [4.69, 9.17) is 0 Å². The van der Waals surface area contributed by atoms with E-state index in [1.165, 1.54) is 0 Å². The van der Waals surface area contributed by atoms with Crippen LogP contribution in [0.15, 0.2) is 16.7 Å². The molecule has 114 valence electrons. The van der Waals surface area contributed by atoms with Crippen LogP contribution >= 0.6 is 15.9 Å². The number of carbonyl (C=O) groups is 1. The largest absolute Gasteiger partial charge is 0.351 e. The van der Waals surface area contributed by atoms with Crippen LogP contribution in [0.5, 0.6) is 0 Å². The molecule has 0 spiro atoms. The molecular formula is C15H21BrN4O. The summed E-state index contributed by atoms with van der Waals surface area (Å²) in [6.45, 7) is 5.48. The van der Waals surface area contributed by atoms with Gasteiger partial charge in [-0.15, -0.1) is 0 Å². The van der Waals surface area contributed by atoms with Gasteiger partial charge in [0.1, 0.15) is 11.3 Å². The number of aryl methyl sites for hydroxylation is 2. The predicted molar refractivity (Wildman–Crippen MR) is 87.9 cm³/mol.